The van der Waals surface area contributed by atoms with Crippen molar-refractivity contribution in [3.8, 4) is 0 Å². The van der Waals surface area contributed by atoms with Crippen molar-refractivity contribution in [2.75, 3.05) is 0 Å². The number of hydrogen-bond acceptors (Lipinski definition) is 1. The van der Waals surface area contributed by atoms with Crippen LogP contribution in [0.4, 0.5) is 13.2 Å². The van der Waals surface area contributed by atoms with Gasteiger partial charge in [0.05, 0.1) is 0 Å². The zero-order chi connectivity index (χ0) is 14.9. The van der Waals surface area contributed by atoms with Crippen molar-refractivity contribution < 1.29 is 18.3 Å². The third-order valence-corrected chi connectivity index (χ3v) is 3.28. The van der Waals surface area contributed by atoms with E-state index in [1.165, 1.54) is 6.07 Å². The summed E-state index contributed by atoms with van der Waals surface area (Å²) in [5.41, 5.74) is 0.925. The fourth-order valence-corrected chi connectivity index (χ4v) is 2.42. The van der Waals surface area contributed by atoms with Crippen molar-refractivity contribution in [2.45, 2.75) is 32.5 Å². The van der Waals surface area contributed by atoms with Gasteiger partial charge in [-0.3, -0.25) is 0 Å². The summed E-state index contributed by atoms with van der Waals surface area (Å²) in [6.45, 7) is 4.13. The molecule has 1 unspecified atom stereocenters. The predicted molar refractivity (Wildman–Crippen MR) is 73.5 cm³/mol. The van der Waals surface area contributed by atoms with Gasteiger partial charge in [-0.05, 0) is 34.2 Å². The second-order valence-corrected chi connectivity index (χ2v) is 5.40. The SMILES string of the molecule is CC(C)Cc1ccc(C(O)C(F)(F)F)c2ccccc12. The maximum atomic E-state index is 12.7. The zero-order valence-electron chi connectivity index (χ0n) is 11.4. The van der Waals surface area contributed by atoms with E-state index in [1.54, 1.807) is 30.3 Å². The van der Waals surface area contributed by atoms with Crippen molar-refractivity contribution in [3.63, 3.8) is 0 Å². The monoisotopic (exact) mass is 282 g/mol. The van der Waals surface area contributed by atoms with Gasteiger partial charge in [0.1, 0.15) is 0 Å². The molecule has 0 aliphatic carbocycles. The number of rotatable bonds is 3. The van der Waals surface area contributed by atoms with Crippen LogP contribution in [0.15, 0.2) is 36.4 Å². The Labute approximate surface area is 116 Å². The van der Waals surface area contributed by atoms with Gasteiger partial charge in [0, 0.05) is 0 Å². The van der Waals surface area contributed by atoms with Gasteiger partial charge in [0.25, 0.3) is 0 Å². The lowest BCUT2D eigenvalue weighted by molar-refractivity contribution is -0.206. The molecule has 1 N–H and O–H groups in total. The summed E-state index contributed by atoms with van der Waals surface area (Å²) >= 11 is 0. The number of hydrogen-bond donors (Lipinski definition) is 1. The van der Waals surface area contributed by atoms with E-state index in [4.69, 9.17) is 0 Å². The Morgan fingerprint density at radius 1 is 1.00 bits per heavy atom. The molecule has 0 radical (unpaired) electrons. The molecule has 1 nitrogen and oxygen atoms in total. The van der Waals surface area contributed by atoms with E-state index in [2.05, 4.69) is 13.8 Å². The summed E-state index contributed by atoms with van der Waals surface area (Å²) in [4.78, 5) is 0. The van der Waals surface area contributed by atoms with Crippen LogP contribution in [-0.4, -0.2) is 11.3 Å². The molecule has 0 heterocycles. The van der Waals surface area contributed by atoms with Gasteiger partial charge in [-0.2, -0.15) is 13.2 Å². The molecule has 0 amide bonds. The van der Waals surface area contributed by atoms with Crippen molar-refractivity contribution >= 4 is 10.8 Å². The summed E-state index contributed by atoms with van der Waals surface area (Å²) in [6, 6.07) is 10.00. The Morgan fingerprint density at radius 2 is 1.60 bits per heavy atom. The Bertz CT molecular complexity index is 602. The van der Waals surface area contributed by atoms with Gasteiger partial charge in [-0.15, -0.1) is 0 Å². The van der Waals surface area contributed by atoms with Crippen molar-refractivity contribution in [2.24, 2.45) is 5.92 Å². The summed E-state index contributed by atoms with van der Waals surface area (Å²) in [5.74, 6) is 0.414. The second kappa shape index (κ2) is 5.44. The molecule has 0 bridgehead atoms. The lowest BCUT2D eigenvalue weighted by Crippen LogP contribution is -2.20. The minimum absolute atomic E-state index is 0.0828. The van der Waals surface area contributed by atoms with E-state index in [1.807, 2.05) is 0 Å². The van der Waals surface area contributed by atoms with Crippen LogP contribution in [0.1, 0.15) is 31.1 Å². The van der Waals surface area contributed by atoms with E-state index in [9.17, 15) is 18.3 Å². The molecular weight excluding hydrogens is 265 g/mol. The average molecular weight is 282 g/mol. The molecule has 1 atom stereocenters. The second-order valence-electron chi connectivity index (χ2n) is 5.40. The quantitative estimate of drug-likeness (QED) is 0.870. The van der Waals surface area contributed by atoms with Gasteiger partial charge in [0.2, 0.25) is 0 Å². The van der Waals surface area contributed by atoms with Gasteiger partial charge < -0.3 is 5.11 Å². The molecular formula is C16H17F3O. The molecule has 2 aromatic rings. The molecule has 4 heteroatoms. The summed E-state index contributed by atoms with van der Waals surface area (Å²) < 4.78 is 38.2. The maximum Gasteiger partial charge on any atom is 0.418 e. The van der Waals surface area contributed by atoms with Crippen LogP contribution < -0.4 is 0 Å². The van der Waals surface area contributed by atoms with Crippen LogP contribution in [-0.2, 0) is 6.42 Å². The number of halogens is 3. The van der Waals surface area contributed by atoms with Crippen LogP contribution in [0.5, 0.6) is 0 Å². The summed E-state index contributed by atoms with van der Waals surface area (Å²) in [7, 11) is 0. The van der Waals surface area contributed by atoms with E-state index in [0.717, 1.165) is 17.4 Å². The molecule has 108 valence electrons. The Kier molecular flexibility index (Phi) is 4.04. The third-order valence-electron chi connectivity index (χ3n) is 3.28. The number of fused-ring (bicyclic) bond motifs is 1. The molecule has 0 aromatic heterocycles. The number of alkyl halides is 3. The van der Waals surface area contributed by atoms with Crippen molar-refractivity contribution in [3.05, 3.63) is 47.5 Å². The first-order valence-electron chi connectivity index (χ1n) is 6.56. The van der Waals surface area contributed by atoms with Crippen LogP contribution in [0.3, 0.4) is 0 Å². The fourth-order valence-electron chi connectivity index (χ4n) is 2.42. The average Bonchev–Trinajstić information content (AvgIpc) is 2.37. The normalized spacial score (nSPS) is 13.9. The molecule has 20 heavy (non-hydrogen) atoms. The van der Waals surface area contributed by atoms with Gasteiger partial charge in [-0.25, -0.2) is 0 Å². The van der Waals surface area contributed by atoms with E-state index >= 15 is 0 Å². The fraction of sp³-hybridized carbons (Fsp3) is 0.375. The van der Waals surface area contributed by atoms with Crippen molar-refractivity contribution in [1.29, 1.82) is 0 Å². The van der Waals surface area contributed by atoms with Crippen LogP contribution >= 0.6 is 0 Å². The molecule has 0 fully saturated rings. The zero-order valence-corrected chi connectivity index (χ0v) is 11.4. The van der Waals surface area contributed by atoms with Gasteiger partial charge >= 0.3 is 6.18 Å². The molecule has 0 saturated heterocycles. The van der Waals surface area contributed by atoms with E-state index in [-0.39, 0.29) is 5.56 Å². The minimum atomic E-state index is -4.65. The van der Waals surface area contributed by atoms with Crippen LogP contribution in [0.25, 0.3) is 10.8 Å². The lowest BCUT2D eigenvalue weighted by Gasteiger charge is -2.19. The van der Waals surface area contributed by atoms with Crippen LogP contribution in [0, 0.1) is 5.92 Å². The molecule has 2 aromatic carbocycles. The lowest BCUT2D eigenvalue weighted by atomic mass is 9.92. The summed E-state index contributed by atoms with van der Waals surface area (Å²) in [6.07, 6.45) is -6.30. The first kappa shape index (κ1) is 14.9. The Morgan fingerprint density at radius 3 is 2.15 bits per heavy atom. The van der Waals surface area contributed by atoms with E-state index in [0.29, 0.717) is 11.3 Å². The first-order chi connectivity index (χ1) is 9.30. The summed E-state index contributed by atoms with van der Waals surface area (Å²) in [5, 5.41) is 10.8. The highest BCUT2D eigenvalue weighted by Crippen LogP contribution is 2.37. The maximum absolute atomic E-state index is 12.7. The molecule has 0 aliphatic heterocycles. The number of benzene rings is 2. The third kappa shape index (κ3) is 2.96. The number of aliphatic hydroxyl groups excluding tert-OH is 1. The molecule has 0 spiro atoms. The topological polar surface area (TPSA) is 20.2 Å². The highest BCUT2D eigenvalue weighted by atomic mass is 19.4. The van der Waals surface area contributed by atoms with Gasteiger partial charge in [-0.1, -0.05) is 50.2 Å². The Balaban J connectivity index is 2.60. The van der Waals surface area contributed by atoms with Gasteiger partial charge in [0.15, 0.2) is 6.10 Å². The molecule has 2 rings (SSSR count). The first-order valence-corrected chi connectivity index (χ1v) is 6.56. The highest BCUT2D eigenvalue weighted by molar-refractivity contribution is 5.89. The molecule has 0 aliphatic rings. The minimum Gasteiger partial charge on any atom is -0.379 e. The van der Waals surface area contributed by atoms with Crippen molar-refractivity contribution in [1.82, 2.24) is 0 Å². The molecule has 0 saturated carbocycles. The Hall–Kier alpha value is -1.55. The standard InChI is InChI=1S/C16H17F3O/c1-10(2)9-11-7-8-14(15(20)16(17,18)19)13-6-4-3-5-12(11)13/h3-8,10,15,20H,9H2,1-2H3. The number of aliphatic hydroxyl groups is 1. The predicted octanol–water partition coefficient (Wildman–Crippen LogP) is 4.63. The van der Waals surface area contributed by atoms with E-state index < -0.39 is 12.3 Å². The smallest absolute Gasteiger partial charge is 0.379 e. The largest absolute Gasteiger partial charge is 0.418 e. The van der Waals surface area contributed by atoms with Crippen LogP contribution in [0.2, 0.25) is 0 Å². The highest BCUT2D eigenvalue weighted by Gasteiger charge is 2.40.